The van der Waals surface area contributed by atoms with Gasteiger partial charge in [-0.1, -0.05) is 18.2 Å². The SMILES string of the molecule is CC(=O)NC1(C(=O)OCc2cc(C(F)(F)F)cc(C(F)(F)F)c2)CCc2[nH]c3ccccc3c2C1. The van der Waals surface area contributed by atoms with Crippen molar-refractivity contribution in [2.45, 2.75) is 50.7 Å². The Hall–Kier alpha value is -3.50. The number of hydrogen-bond donors (Lipinski definition) is 2. The molecule has 1 heterocycles. The normalized spacial score (nSPS) is 18.3. The Morgan fingerprint density at radius 2 is 1.66 bits per heavy atom. The second kappa shape index (κ2) is 8.62. The van der Waals surface area contributed by atoms with Crippen LogP contribution < -0.4 is 5.32 Å². The molecule has 2 aromatic carbocycles. The van der Waals surface area contributed by atoms with E-state index in [0.29, 0.717) is 18.6 Å². The number of aromatic amines is 1. The predicted molar refractivity (Wildman–Crippen MR) is 113 cm³/mol. The molecule has 5 nitrogen and oxygen atoms in total. The van der Waals surface area contributed by atoms with E-state index in [9.17, 15) is 35.9 Å². The molecule has 0 fully saturated rings. The highest BCUT2D eigenvalue weighted by atomic mass is 19.4. The Morgan fingerprint density at radius 3 is 2.26 bits per heavy atom. The molecule has 0 radical (unpaired) electrons. The van der Waals surface area contributed by atoms with Gasteiger partial charge in [0, 0.05) is 29.9 Å². The van der Waals surface area contributed by atoms with Crippen LogP contribution in [-0.4, -0.2) is 22.4 Å². The third-order valence-corrected chi connectivity index (χ3v) is 6.01. The average Bonchev–Trinajstić information content (AvgIpc) is 3.13. The highest BCUT2D eigenvalue weighted by Crippen LogP contribution is 2.37. The van der Waals surface area contributed by atoms with Gasteiger partial charge in [0.05, 0.1) is 11.1 Å². The second-order valence-corrected chi connectivity index (χ2v) is 8.56. The van der Waals surface area contributed by atoms with Gasteiger partial charge in [0.1, 0.15) is 12.1 Å². The van der Waals surface area contributed by atoms with Gasteiger partial charge in [0.2, 0.25) is 5.91 Å². The van der Waals surface area contributed by atoms with Crippen LogP contribution in [-0.2, 0) is 46.1 Å². The standard InChI is InChI=1S/C24H20F6N2O3/c1-13(33)32-22(7-6-20-18(11-22)17-4-2-3-5-19(17)31-20)21(34)35-12-14-8-15(23(25,26)27)10-16(9-14)24(28,29)30/h2-5,8-10,31H,6-7,11-12H2,1H3,(H,32,33). The summed E-state index contributed by atoms with van der Waals surface area (Å²) in [6.07, 6.45) is -9.47. The van der Waals surface area contributed by atoms with E-state index in [4.69, 9.17) is 4.74 Å². The van der Waals surface area contributed by atoms with Crippen LogP contribution in [0.15, 0.2) is 42.5 Å². The number of H-pyrrole nitrogens is 1. The van der Waals surface area contributed by atoms with Crippen molar-refractivity contribution in [1.29, 1.82) is 0 Å². The lowest BCUT2D eigenvalue weighted by Gasteiger charge is -2.35. The van der Waals surface area contributed by atoms with Crippen molar-refractivity contribution >= 4 is 22.8 Å². The van der Waals surface area contributed by atoms with Crippen LogP contribution in [0.1, 0.15) is 41.3 Å². The summed E-state index contributed by atoms with van der Waals surface area (Å²) in [7, 11) is 0. The molecular formula is C24H20F6N2O3. The smallest absolute Gasteiger partial charge is 0.416 e. The van der Waals surface area contributed by atoms with Crippen molar-refractivity contribution in [1.82, 2.24) is 10.3 Å². The Balaban J connectivity index is 1.63. The highest BCUT2D eigenvalue weighted by Gasteiger charge is 2.45. The number of aryl methyl sites for hydroxylation is 1. The van der Waals surface area contributed by atoms with Crippen LogP contribution in [0, 0.1) is 0 Å². The van der Waals surface area contributed by atoms with Gasteiger partial charge in [0.25, 0.3) is 0 Å². The lowest BCUT2D eigenvalue weighted by molar-refractivity contribution is -0.155. The third-order valence-electron chi connectivity index (χ3n) is 6.01. The van der Waals surface area contributed by atoms with E-state index in [1.807, 2.05) is 24.3 Å². The summed E-state index contributed by atoms with van der Waals surface area (Å²) in [6.45, 7) is 0.385. The Kier molecular flexibility index (Phi) is 6.06. The zero-order valence-electron chi connectivity index (χ0n) is 18.4. The first-order valence-corrected chi connectivity index (χ1v) is 10.6. The fraction of sp³-hybridized carbons (Fsp3) is 0.333. The third kappa shape index (κ3) is 4.98. The Morgan fingerprint density at radius 1 is 1.03 bits per heavy atom. The molecule has 0 saturated carbocycles. The summed E-state index contributed by atoms with van der Waals surface area (Å²) in [4.78, 5) is 28.4. The lowest BCUT2D eigenvalue weighted by Crippen LogP contribution is -2.58. The van der Waals surface area contributed by atoms with Crippen molar-refractivity contribution in [3.8, 4) is 0 Å². The maximum absolute atomic E-state index is 13.2. The second-order valence-electron chi connectivity index (χ2n) is 8.56. The minimum Gasteiger partial charge on any atom is -0.459 e. The van der Waals surface area contributed by atoms with Gasteiger partial charge in [-0.3, -0.25) is 4.79 Å². The molecule has 1 amide bonds. The number of nitrogens with one attached hydrogen (secondary N) is 2. The molecule has 4 rings (SSSR count). The van der Waals surface area contributed by atoms with E-state index in [1.165, 1.54) is 6.92 Å². The van der Waals surface area contributed by atoms with Crippen LogP contribution in [0.3, 0.4) is 0 Å². The van der Waals surface area contributed by atoms with E-state index in [2.05, 4.69) is 10.3 Å². The Labute approximate surface area is 195 Å². The zero-order valence-corrected chi connectivity index (χ0v) is 18.4. The first kappa shape index (κ1) is 24.6. The number of ether oxygens (including phenoxy) is 1. The largest absolute Gasteiger partial charge is 0.459 e. The van der Waals surface area contributed by atoms with E-state index in [-0.39, 0.29) is 18.9 Å². The molecule has 1 aliphatic rings. The van der Waals surface area contributed by atoms with E-state index < -0.39 is 53.1 Å². The van der Waals surface area contributed by atoms with Crippen molar-refractivity contribution in [2.75, 3.05) is 0 Å². The maximum atomic E-state index is 13.2. The average molecular weight is 498 g/mol. The minimum atomic E-state index is -5.02. The highest BCUT2D eigenvalue weighted by molar-refractivity contribution is 5.91. The summed E-state index contributed by atoms with van der Waals surface area (Å²) >= 11 is 0. The maximum Gasteiger partial charge on any atom is 0.416 e. The summed E-state index contributed by atoms with van der Waals surface area (Å²) in [5, 5.41) is 3.46. The molecule has 1 aromatic heterocycles. The Bertz CT molecular complexity index is 1260. The van der Waals surface area contributed by atoms with E-state index in [1.54, 1.807) is 0 Å². The van der Waals surface area contributed by atoms with Crippen molar-refractivity contribution in [2.24, 2.45) is 0 Å². The molecule has 11 heteroatoms. The quantitative estimate of drug-likeness (QED) is 0.378. The van der Waals surface area contributed by atoms with Crippen LogP contribution >= 0.6 is 0 Å². The summed E-state index contributed by atoms with van der Waals surface area (Å²) in [5.74, 6) is -1.46. The summed E-state index contributed by atoms with van der Waals surface area (Å²) < 4.78 is 84.1. The van der Waals surface area contributed by atoms with Crippen molar-refractivity contribution in [3.63, 3.8) is 0 Å². The van der Waals surface area contributed by atoms with Crippen LogP contribution in [0.5, 0.6) is 0 Å². The molecule has 1 aliphatic carbocycles. The van der Waals surface area contributed by atoms with E-state index in [0.717, 1.165) is 22.2 Å². The number of benzene rings is 2. The van der Waals surface area contributed by atoms with Crippen LogP contribution in [0.2, 0.25) is 0 Å². The first-order valence-electron chi connectivity index (χ1n) is 10.6. The molecule has 1 atom stereocenters. The molecule has 0 bridgehead atoms. The fourth-order valence-electron chi connectivity index (χ4n) is 4.46. The molecule has 0 spiro atoms. The molecule has 0 aliphatic heterocycles. The molecule has 186 valence electrons. The number of carbonyl (C=O) groups is 2. The number of aromatic nitrogens is 1. The van der Waals surface area contributed by atoms with Crippen molar-refractivity contribution < 1.29 is 40.7 Å². The number of alkyl halides is 6. The van der Waals surface area contributed by atoms with Gasteiger partial charge in [-0.05, 0) is 48.2 Å². The van der Waals surface area contributed by atoms with E-state index >= 15 is 0 Å². The number of esters is 1. The number of amides is 1. The molecule has 3 aromatic rings. The predicted octanol–water partition coefficient (Wildman–Crippen LogP) is 5.31. The molecule has 35 heavy (non-hydrogen) atoms. The topological polar surface area (TPSA) is 71.2 Å². The van der Waals surface area contributed by atoms with Crippen LogP contribution in [0.4, 0.5) is 26.3 Å². The minimum absolute atomic E-state index is 0.00377. The fourth-order valence-corrected chi connectivity index (χ4v) is 4.46. The van der Waals surface area contributed by atoms with Crippen molar-refractivity contribution in [3.05, 3.63) is 70.4 Å². The van der Waals surface area contributed by atoms with Gasteiger partial charge in [-0.25, -0.2) is 4.79 Å². The number of hydrogen-bond acceptors (Lipinski definition) is 3. The number of fused-ring (bicyclic) bond motifs is 3. The number of para-hydroxylation sites is 1. The molecular weight excluding hydrogens is 478 g/mol. The van der Waals surface area contributed by atoms with Crippen LogP contribution in [0.25, 0.3) is 10.9 Å². The van der Waals surface area contributed by atoms with Gasteiger partial charge < -0.3 is 15.0 Å². The molecule has 2 N–H and O–H groups in total. The number of rotatable bonds is 4. The zero-order chi connectivity index (χ0) is 25.6. The summed E-state index contributed by atoms with van der Waals surface area (Å²) in [5.41, 5.74) is -2.48. The van der Waals surface area contributed by atoms with Gasteiger partial charge >= 0.3 is 18.3 Å². The summed E-state index contributed by atoms with van der Waals surface area (Å²) in [6, 6.07) is 8.38. The number of carbonyl (C=O) groups excluding carboxylic acids is 2. The van der Waals surface area contributed by atoms with Gasteiger partial charge in [-0.15, -0.1) is 0 Å². The number of halogens is 6. The van der Waals surface area contributed by atoms with Gasteiger partial charge in [0.15, 0.2) is 0 Å². The molecule has 1 unspecified atom stereocenters. The lowest BCUT2D eigenvalue weighted by atomic mass is 9.79. The molecule has 0 saturated heterocycles. The monoisotopic (exact) mass is 498 g/mol. The van der Waals surface area contributed by atoms with Gasteiger partial charge in [-0.2, -0.15) is 26.3 Å². The first-order chi connectivity index (χ1) is 16.3.